The van der Waals surface area contributed by atoms with E-state index in [2.05, 4.69) is 10.3 Å². The molecule has 3 N–H and O–H groups in total. The summed E-state index contributed by atoms with van der Waals surface area (Å²) in [4.78, 5) is 25.9. The number of carboxylic acid groups (broad SMARTS) is 1. The number of aromatic carboxylic acids is 1. The predicted molar refractivity (Wildman–Crippen MR) is 123 cm³/mol. The highest BCUT2D eigenvalue weighted by atomic mass is 16.6. The first-order chi connectivity index (χ1) is 15.9. The van der Waals surface area contributed by atoms with Crippen molar-refractivity contribution in [3.05, 3.63) is 111 Å². The Kier molecular flexibility index (Phi) is 6.28. The Morgan fingerprint density at radius 1 is 1.03 bits per heavy atom. The molecule has 3 aromatic carbocycles. The van der Waals surface area contributed by atoms with Gasteiger partial charge in [-0.3, -0.25) is 15.1 Å². The van der Waals surface area contributed by atoms with Crippen LogP contribution in [0.1, 0.15) is 33.1 Å². The number of nitrogens with zero attached hydrogens (tertiary/aromatic N) is 2. The second-order valence-corrected chi connectivity index (χ2v) is 7.57. The summed E-state index contributed by atoms with van der Waals surface area (Å²) in [6.45, 7) is 0.522. The summed E-state index contributed by atoms with van der Waals surface area (Å²) < 4.78 is 0. The van der Waals surface area contributed by atoms with Crippen LogP contribution < -0.4 is 5.32 Å². The second-order valence-electron chi connectivity index (χ2n) is 7.57. The average molecular weight is 443 g/mol. The fraction of sp³-hybridized carbons (Fsp3) is 0.120. The third-order valence-corrected chi connectivity index (χ3v) is 5.49. The molecule has 0 fully saturated rings. The van der Waals surface area contributed by atoms with Crippen LogP contribution in [-0.2, 0) is 6.42 Å². The lowest BCUT2D eigenvalue weighted by Gasteiger charge is -2.21. The van der Waals surface area contributed by atoms with E-state index in [1.54, 1.807) is 48.7 Å². The van der Waals surface area contributed by atoms with Gasteiger partial charge in [-0.25, -0.2) is 4.79 Å². The normalized spacial score (nSPS) is 11.9. The van der Waals surface area contributed by atoms with Crippen LogP contribution in [-0.4, -0.2) is 32.6 Å². The summed E-state index contributed by atoms with van der Waals surface area (Å²) >= 11 is 0. The maximum Gasteiger partial charge on any atom is 0.335 e. The number of hydrogen-bond acceptors (Lipinski definition) is 6. The topological polar surface area (TPSA) is 126 Å². The lowest BCUT2D eigenvalue weighted by molar-refractivity contribution is -0.384. The van der Waals surface area contributed by atoms with E-state index >= 15 is 0 Å². The van der Waals surface area contributed by atoms with Crippen LogP contribution in [0.5, 0.6) is 5.75 Å². The molecule has 1 aromatic heterocycles. The smallest absolute Gasteiger partial charge is 0.335 e. The number of nitrogens with one attached hydrogen (secondary N) is 1. The van der Waals surface area contributed by atoms with Crippen molar-refractivity contribution in [2.75, 3.05) is 6.54 Å². The number of rotatable bonds is 8. The van der Waals surface area contributed by atoms with Crippen LogP contribution in [0.3, 0.4) is 0 Å². The van der Waals surface area contributed by atoms with E-state index in [0.717, 1.165) is 16.5 Å². The molecule has 0 aliphatic rings. The van der Waals surface area contributed by atoms with Gasteiger partial charge in [-0.1, -0.05) is 42.5 Å². The number of aromatic nitrogens is 1. The molecule has 0 aliphatic carbocycles. The minimum Gasteiger partial charge on any atom is -0.505 e. The number of nitro groups is 1. The molecule has 8 nitrogen and oxygen atoms in total. The first kappa shape index (κ1) is 21.9. The van der Waals surface area contributed by atoms with Crippen molar-refractivity contribution in [3.8, 4) is 5.75 Å². The summed E-state index contributed by atoms with van der Waals surface area (Å²) in [7, 11) is 0. The first-order valence-electron chi connectivity index (χ1n) is 10.3. The van der Waals surface area contributed by atoms with Crippen LogP contribution in [0.2, 0.25) is 0 Å². The minimum absolute atomic E-state index is 0.0135. The van der Waals surface area contributed by atoms with Gasteiger partial charge < -0.3 is 15.5 Å². The van der Waals surface area contributed by atoms with Crippen molar-refractivity contribution in [1.82, 2.24) is 10.3 Å². The number of carboxylic acids is 1. The molecule has 33 heavy (non-hydrogen) atoms. The molecule has 0 amide bonds. The van der Waals surface area contributed by atoms with Crippen molar-refractivity contribution in [1.29, 1.82) is 0 Å². The van der Waals surface area contributed by atoms with Crippen molar-refractivity contribution in [3.63, 3.8) is 0 Å². The number of phenols is 1. The Bertz CT molecular complexity index is 1300. The fourth-order valence-corrected chi connectivity index (χ4v) is 3.75. The number of hydrogen-bond donors (Lipinski definition) is 3. The number of phenolic OH excluding ortho intramolecular Hbond substituents is 1. The number of nitro benzene ring substituents is 1. The Hall–Kier alpha value is -4.30. The lowest BCUT2D eigenvalue weighted by Crippen LogP contribution is -2.25. The van der Waals surface area contributed by atoms with E-state index in [-0.39, 0.29) is 17.0 Å². The summed E-state index contributed by atoms with van der Waals surface area (Å²) in [5.74, 6) is -0.923. The Balaban J connectivity index is 1.62. The zero-order chi connectivity index (χ0) is 23.4. The van der Waals surface area contributed by atoms with Gasteiger partial charge in [0.15, 0.2) is 0 Å². The largest absolute Gasteiger partial charge is 0.505 e. The molecular formula is C25H21N3O5. The van der Waals surface area contributed by atoms with Gasteiger partial charge in [0.05, 0.1) is 16.5 Å². The zero-order valence-electron chi connectivity index (χ0n) is 17.5. The molecule has 0 bridgehead atoms. The highest BCUT2D eigenvalue weighted by Gasteiger charge is 2.20. The van der Waals surface area contributed by atoms with E-state index in [1.165, 1.54) is 12.1 Å². The van der Waals surface area contributed by atoms with E-state index in [0.29, 0.717) is 24.0 Å². The molecule has 1 unspecified atom stereocenters. The van der Waals surface area contributed by atoms with E-state index in [1.807, 2.05) is 18.2 Å². The predicted octanol–water partition coefficient (Wildman–Crippen LogP) is 4.47. The molecule has 1 atom stereocenters. The summed E-state index contributed by atoms with van der Waals surface area (Å²) in [5.41, 5.74) is 3.01. The number of pyridine rings is 1. The van der Waals surface area contributed by atoms with E-state index in [9.17, 15) is 20.0 Å². The van der Waals surface area contributed by atoms with Crippen molar-refractivity contribution in [2.45, 2.75) is 12.5 Å². The molecule has 4 aromatic rings. The van der Waals surface area contributed by atoms with Gasteiger partial charge in [-0.2, -0.15) is 0 Å². The van der Waals surface area contributed by atoms with Crippen molar-refractivity contribution >= 4 is 22.6 Å². The monoisotopic (exact) mass is 443 g/mol. The van der Waals surface area contributed by atoms with Gasteiger partial charge in [-0.05, 0) is 35.7 Å². The molecule has 8 heteroatoms. The van der Waals surface area contributed by atoms with Gasteiger partial charge in [0.25, 0.3) is 5.69 Å². The molecule has 0 spiro atoms. The van der Waals surface area contributed by atoms with Gasteiger partial charge in [0.1, 0.15) is 11.3 Å². The number of carbonyl (C=O) groups is 1. The summed E-state index contributed by atoms with van der Waals surface area (Å²) in [5, 5.41) is 35.3. The van der Waals surface area contributed by atoms with Gasteiger partial charge >= 0.3 is 5.97 Å². The third-order valence-electron chi connectivity index (χ3n) is 5.49. The van der Waals surface area contributed by atoms with Crippen molar-refractivity contribution in [2.24, 2.45) is 0 Å². The number of benzene rings is 3. The van der Waals surface area contributed by atoms with Gasteiger partial charge in [0, 0.05) is 35.8 Å². The van der Waals surface area contributed by atoms with Crippen LogP contribution in [0.25, 0.3) is 10.9 Å². The van der Waals surface area contributed by atoms with Crippen LogP contribution in [0.4, 0.5) is 5.69 Å². The number of non-ortho nitro benzene ring substituents is 1. The molecule has 166 valence electrons. The SMILES string of the molecule is O=C(O)c1ccc(CCNC(c2ccc([N+](=O)[O-])cc2)c2ccc3cccnc3c2O)cc1. The zero-order valence-corrected chi connectivity index (χ0v) is 17.5. The molecule has 0 aliphatic heterocycles. The van der Waals surface area contributed by atoms with Crippen LogP contribution >= 0.6 is 0 Å². The van der Waals surface area contributed by atoms with Crippen LogP contribution in [0, 0.1) is 10.1 Å². The maximum absolute atomic E-state index is 11.1. The van der Waals surface area contributed by atoms with E-state index in [4.69, 9.17) is 5.11 Å². The molecule has 4 rings (SSSR count). The Morgan fingerprint density at radius 3 is 2.42 bits per heavy atom. The lowest BCUT2D eigenvalue weighted by atomic mass is 9.95. The summed E-state index contributed by atoms with van der Waals surface area (Å²) in [6, 6.07) is 19.8. The second kappa shape index (κ2) is 9.46. The Morgan fingerprint density at radius 2 is 1.76 bits per heavy atom. The maximum atomic E-state index is 11.1. The molecular weight excluding hydrogens is 422 g/mol. The van der Waals surface area contributed by atoms with Gasteiger partial charge in [-0.15, -0.1) is 0 Å². The van der Waals surface area contributed by atoms with Gasteiger partial charge in [0.2, 0.25) is 0 Å². The molecule has 0 saturated carbocycles. The number of fused-ring (bicyclic) bond motifs is 1. The van der Waals surface area contributed by atoms with Crippen molar-refractivity contribution < 1.29 is 19.9 Å². The fourth-order valence-electron chi connectivity index (χ4n) is 3.75. The third kappa shape index (κ3) is 4.81. The average Bonchev–Trinajstić information content (AvgIpc) is 2.83. The Labute approximate surface area is 189 Å². The highest BCUT2D eigenvalue weighted by molar-refractivity contribution is 5.87. The minimum atomic E-state index is -0.974. The summed E-state index contributed by atoms with van der Waals surface area (Å²) in [6.07, 6.45) is 2.23. The molecule has 1 heterocycles. The van der Waals surface area contributed by atoms with Crippen LogP contribution in [0.15, 0.2) is 79.0 Å². The highest BCUT2D eigenvalue weighted by Crippen LogP contribution is 2.34. The first-order valence-corrected chi connectivity index (χ1v) is 10.3. The number of aromatic hydroxyl groups is 1. The molecule has 0 radical (unpaired) electrons. The van der Waals surface area contributed by atoms with E-state index < -0.39 is 16.9 Å². The quantitative estimate of drug-likeness (QED) is 0.271. The standard InChI is InChI=1S/C25H21N3O5/c29-24-21(12-9-17-2-1-14-26-23(17)24)22(18-7-10-20(11-8-18)28(32)33)27-15-13-16-3-5-19(6-4-16)25(30)31/h1-12,14,22,27,29H,13,15H2,(H,30,31). The molecule has 0 saturated heterocycles.